The van der Waals surface area contributed by atoms with Gasteiger partial charge in [-0.3, -0.25) is 0 Å². The molecule has 0 atom stereocenters. The number of rotatable bonds is 2. The highest BCUT2D eigenvalue weighted by Crippen LogP contribution is 2.35. The molecular formula is C11H9F3N4O2. The van der Waals surface area contributed by atoms with Crippen molar-refractivity contribution in [2.24, 2.45) is 5.73 Å². The average molecular weight is 286 g/mol. The molecule has 6 nitrogen and oxygen atoms in total. The minimum atomic E-state index is -4.57. The Morgan fingerprint density at radius 1 is 1.30 bits per heavy atom. The van der Waals surface area contributed by atoms with Crippen molar-refractivity contribution in [2.45, 2.75) is 6.18 Å². The number of primary amides is 1. The highest BCUT2D eigenvalue weighted by Gasteiger charge is 2.34. The van der Waals surface area contributed by atoms with Crippen LogP contribution in [-0.2, 0) is 6.18 Å². The van der Waals surface area contributed by atoms with Gasteiger partial charge in [0.25, 0.3) is 0 Å². The second kappa shape index (κ2) is 4.76. The Hall–Kier alpha value is -2.71. The highest BCUT2D eigenvalue weighted by atomic mass is 19.4. The summed E-state index contributed by atoms with van der Waals surface area (Å²) in [6.45, 7) is 0. The monoisotopic (exact) mass is 286 g/mol. The van der Waals surface area contributed by atoms with Crippen molar-refractivity contribution in [3.05, 3.63) is 36.0 Å². The predicted octanol–water partition coefficient (Wildman–Crippen LogP) is 1.93. The van der Waals surface area contributed by atoms with Crippen molar-refractivity contribution in [2.75, 3.05) is 5.73 Å². The summed E-state index contributed by atoms with van der Waals surface area (Å²) in [4.78, 5) is 10.6. The lowest BCUT2D eigenvalue weighted by Crippen LogP contribution is -2.17. The molecule has 0 bridgehead atoms. The molecule has 0 saturated carbocycles. The second-order valence-electron chi connectivity index (χ2n) is 3.74. The van der Waals surface area contributed by atoms with E-state index in [2.05, 4.69) is 9.84 Å². The first-order chi connectivity index (χ1) is 9.30. The van der Waals surface area contributed by atoms with Crippen LogP contribution in [0.2, 0.25) is 0 Å². The molecule has 0 aliphatic heterocycles. The van der Waals surface area contributed by atoms with E-state index in [-0.39, 0.29) is 17.3 Å². The molecule has 20 heavy (non-hydrogen) atoms. The number of hydrogen-bond donors (Lipinski definition) is 2. The zero-order valence-electron chi connectivity index (χ0n) is 9.89. The first-order valence-corrected chi connectivity index (χ1v) is 5.28. The maximum atomic E-state index is 12.9. The zero-order chi connectivity index (χ0) is 14.9. The fraction of sp³-hybridized carbons (Fsp3) is 0.0909. The number of nitrogen functional groups attached to an aromatic ring is 1. The van der Waals surface area contributed by atoms with Crippen LogP contribution in [0.3, 0.4) is 0 Å². The van der Waals surface area contributed by atoms with Crippen molar-refractivity contribution in [3.63, 3.8) is 0 Å². The summed E-state index contributed by atoms with van der Waals surface area (Å²) < 4.78 is 44.0. The third-order valence-electron chi connectivity index (χ3n) is 2.42. The smallest absolute Gasteiger partial charge is 0.405 e. The van der Waals surface area contributed by atoms with E-state index < -0.39 is 17.8 Å². The Morgan fingerprint density at radius 3 is 2.55 bits per heavy atom. The maximum Gasteiger partial charge on any atom is 0.418 e. The van der Waals surface area contributed by atoms with Gasteiger partial charge in [0.2, 0.25) is 0 Å². The van der Waals surface area contributed by atoms with Gasteiger partial charge in [-0.25, -0.2) is 9.48 Å². The standard InChI is InChI=1S/C11H9F3N4O2/c12-11(13,14)6-3-1-2-4-7(6)18-9(15)8(5-17-18)20-10(16)19/h1-5H,15H2,(H2,16,19). The van der Waals surface area contributed by atoms with Crippen LogP contribution in [0.15, 0.2) is 30.5 Å². The summed E-state index contributed by atoms with van der Waals surface area (Å²) in [5, 5.41) is 3.67. The van der Waals surface area contributed by atoms with Crippen molar-refractivity contribution in [1.29, 1.82) is 0 Å². The van der Waals surface area contributed by atoms with E-state index in [0.717, 1.165) is 16.9 Å². The second-order valence-corrected chi connectivity index (χ2v) is 3.74. The number of alkyl halides is 3. The highest BCUT2D eigenvalue weighted by molar-refractivity contribution is 5.70. The molecule has 4 N–H and O–H groups in total. The summed E-state index contributed by atoms with van der Waals surface area (Å²) in [7, 11) is 0. The number of halogens is 3. The van der Waals surface area contributed by atoms with E-state index in [0.29, 0.717) is 0 Å². The normalized spacial score (nSPS) is 11.3. The Bertz CT molecular complexity index is 651. The SMILES string of the molecule is NC(=O)Oc1cnn(-c2ccccc2C(F)(F)F)c1N. The molecule has 0 saturated heterocycles. The number of aromatic nitrogens is 2. The van der Waals surface area contributed by atoms with E-state index in [1.54, 1.807) is 0 Å². The lowest BCUT2D eigenvalue weighted by Gasteiger charge is -2.13. The third kappa shape index (κ3) is 2.51. The van der Waals surface area contributed by atoms with Gasteiger partial charge in [0.15, 0.2) is 11.6 Å². The summed E-state index contributed by atoms with van der Waals surface area (Å²) in [6, 6.07) is 4.73. The summed E-state index contributed by atoms with van der Waals surface area (Å²) in [5.74, 6) is -0.477. The van der Waals surface area contributed by atoms with E-state index >= 15 is 0 Å². The molecule has 0 radical (unpaired) electrons. The first kappa shape index (κ1) is 13.7. The molecule has 0 fully saturated rings. The Labute approximate surface area is 110 Å². The number of benzene rings is 1. The molecular weight excluding hydrogens is 277 g/mol. The minimum absolute atomic E-state index is 0.213. The number of para-hydroxylation sites is 1. The molecule has 1 aromatic carbocycles. The predicted molar refractivity (Wildman–Crippen MR) is 63.2 cm³/mol. The van der Waals surface area contributed by atoms with Gasteiger partial charge >= 0.3 is 12.3 Å². The van der Waals surface area contributed by atoms with Gasteiger partial charge in [-0.15, -0.1) is 0 Å². The van der Waals surface area contributed by atoms with Crippen molar-refractivity contribution in [3.8, 4) is 11.4 Å². The Balaban J connectivity index is 2.53. The Kier molecular flexibility index (Phi) is 3.26. The Morgan fingerprint density at radius 2 is 1.95 bits per heavy atom. The van der Waals surface area contributed by atoms with Crippen LogP contribution in [0.5, 0.6) is 5.75 Å². The molecule has 1 amide bonds. The molecule has 1 heterocycles. The number of anilines is 1. The quantitative estimate of drug-likeness (QED) is 0.881. The summed E-state index contributed by atoms with van der Waals surface area (Å²) >= 11 is 0. The van der Waals surface area contributed by atoms with Crippen LogP contribution < -0.4 is 16.2 Å². The van der Waals surface area contributed by atoms with Crippen LogP contribution in [0.25, 0.3) is 5.69 Å². The molecule has 0 aliphatic carbocycles. The number of nitrogens with zero attached hydrogens (tertiary/aromatic N) is 2. The number of carbonyl (C=O) groups is 1. The molecule has 0 spiro atoms. The van der Waals surface area contributed by atoms with Crippen LogP contribution in [0.4, 0.5) is 23.8 Å². The van der Waals surface area contributed by atoms with Gasteiger partial charge in [-0.1, -0.05) is 12.1 Å². The van der Waals surface area contributed by atoms with E-state index in [1.165, 1.54) is 18.2 Å². The fourth-order valence-electron chi connectivity index (χ4n) is 1.62. The lowest BCUT2D eigenvalue weighted by atomic mass is 10.1. The van der Waals surface area contributed by atoms with E-state index in [1.807, 2.05) is 0 Å². The fourth-order valence-corrected chi connectivity index (χ4v) is 1.62. The van der Waals surface area contributed by atoms with Gasteiger partial charge in [-0.05, 0) is 12.1 Å². The van der Waals surface area contributed by atoms with Crippen LogP contribution in [0, 0.1) is 0 Å². The number of hydrogen-bond acceptors (Lipinski definition) is 4. The van der Waals surface area contributed by atoms with Crippen LogP contribution >= 0.6 is 0 Å². The van der Waals surface area contributed by atoms with Crippen LogP contribution in [0.1, 0.15) is 5.56 Å². The molecule has 0 unspecified atom stereocenters. The third-order valence-corrected chi connectivity index (χ3v) is 2.42. The largest absolute Gasteiger partial charge is 0.418 e. The minimum Gasteiger partial charge on any atom is -0.405 e. The van der Waals surface area contributed by atoms with Crippen molar-refractivity contribution in [1.82, 2.24) is 9.78 Å². The topological polar surface area (TPSA) is 96.2 Å². The van der Waals surface area contributed by atoms with Crippen LogP contribution in [-0.4, -0.2) is 15.9 Å². The molecule has 2 aromatic rings. The van der Waals surface area contributed by atoms with Gasteiger partial charge in [0, 0.05) is 0 Å². The van der Waals surface area contributed by atoms with E-state index in [9.17, 15) is 18.0 Å². The van der Waals surface area contributed by atoms with E-state index in [4.69, 9.17) is 11.5 Å². The molecule has 9 heteroatoms. The first-order valence-electron chi connectivity index (χ1n) is 5.28. The summed E-state index contributed by atoms with van der Waals surface area (Å²) in [6.07, 6.45) is -4.70. The average Bonchev–Trinajstić information content (AvgIpc) is 2.69. The van der Waals surface area contributed by atoms with Crippen molar-refractivity contribution >= 4 is 11.9 Å². The number of amides is 1. The zero-order valence-corrected chi connectivity index (χ0v) is 9.89. The molecule has 1 aromatic heterocycles. The summed E-state index contributed by atoms with van der Waals surface area (Å²) in [5.41, 5.74) is 9.21. The number of nitrogens with two attached hydrogens (primary N) is 2. The van der Waals surface area contributed by atoms with Gasteiger partial charge in [-0.2, -0.15) is 18.3 Å². The number of carbonyl (C=O) groups excluding carboxylic acids is 1. The van der Waals surface area contributed by atoms with Gasteiger partial charge in [0.1, 0.15) is 0 Å². The van der Waals surface area contributed by atoms with Gasteiger partial charge < -0.3 is 16.2 Å². The molecule has 2 rings (SSSR count). The van der Waals surface area contributed by atoms with Gasteiger partial charge in [0.05, 0.1) is 17.4 Å². The van der Waals surface area contributed by atoms with Crippen molar-refractivity contribution < 1.29 is 22.7 Å². The molecule has 0 aliphatic rings. The molecule has 106 valence electrons. The maximum absolute atomic E-state index is 12.9. The number of ether oxygens (including phenoxy) is 1. The lowest BCUT2D eigenvalue weighted by molar-refractivity contribution is -0.137.